The van der Waals surface area contributed by atoms with Crippen LogP contribution in [0.1, 0.15) is 0 Å². The van der Waals surface area contributed by atoms with Crippen molar-refractivity contribution in [1.82, 2.24) is 9.55 Å². The molecule has 4 aromatic carbocycles. The molecular formula is C29H17IrN2O-. The Morgan fingerprint density at radius 2 is 1.48 bits per heavy atom. The van der Waals surface area contributed by atoms with Gasteiger partial charge in [0.05, 0.1) is 11.0 Å². The molecule has 0 saturated carbocycles. The van der Waals surface area contributed by atoms with Crippen LogP contribution in [0, 0.1) is 6.07 Å². The van der Waals surface area contributed by atoms with Gasteiger partial charge in [0.1, 0.15) is 11.2 Å². The van der Waals surface area contributed by atoms with Crippen LogP contribution >= 0.6 is 0 Å². The van der Waals surface area contributed by atoms with E-state index < -0.39 is 0 Å². The summed E-state index contributed by atoms with van der Waals surface area (Å²) < 4.78 is 8.50. The van der Waals surface area contributed by atoms with Gasteiger partial charge in [0.25, 0.3) is 0 Å². The van der Waals surface area contributed by atoms with Crippen LogP contribution in [0.3, 0.4) is 0 Å². The van der Waals surface area contributed by atoms with Gasteiger partial charge in [-0.05, 0) is 41.7 Å². The minimum Gasteiger partial charge on any atom is -0.456 e. The summed E-state index contributed by atoms with van der Waals surface area (Å²) in [5.74, 6) is 0. The van der Waals surface area contributed by atoms with Crippen molar-refractivity contribution in [3.05, 3.63) is 109 Å². The van der Waals surface area contributed by atoms with Crippen LogP contribution < -0.4 is 0 Å². The fourth-order valence-corrected chi connectivity index (χ4v) is 4.73. The third kappa shape index (κ3) is 3.03. The minimum atomic E-state index is 0. The monoisotopic (exact) mass is 602 g/mol. The van der Waals surface area contributed by atoms with E-state index in [0.29, 0.717) is 0 Å². The van der Waals surface area contributed by atoms with Crippen LogP contribution in [0.15, 0.2) is 108 Å². The van der Waals surface area contributed by atoms with Gasteiger partial charge < -0.3 is 14.0 Å². The number of hydrogen-bond donors (Lipinski definition) is 0. The van der Waals surface area contributed by atoms with Gasteiger partial charge in [-0.25, -0.2) is 0 Å². The van der Waals surface area contributed by atoms with Crippen molar-refractivity contribution >= 4 is 43.7 Å². The maximum absolute atomic E-state index is 6.18. The first-order chi connectivity index (χ1) is 15.9. The molecule has 7 rings (SSSR count). The molecule has 0 atom stereocenters. The summed E-state index contributed by atoms with van der Waals surface area (Å²) in [5, 5.41) is 4.65. The standard InChI is InChI=1S/C29H17N2O.Ir/c1-3-13-26-21(10-1)23-18-29-24(22-11-2-4-14-28(22)32-29)17-27(23)31(26)20-9-7-8-19(16-20)25-12-5-6-15-30-25;/h1-7,9-18H;/q-1;. The van der Waals surface area contributed by atoms with Gasteiger partial charge in [-0.1, -0.05) is 48.5 Å². The number of nitrogens with zero attached hydrogens (tertiary/aromatic N) is 2. The third-order valence-electron chi connectivity index (χ3n) is 6.16. The molecule has 0 bridgehead atoms. The van der Waals surface area contributed by atoms with E-state index in [1.165, 1.54) is 10.8 Å². The average molecular weight is 602 g/mol. The van der Waals surface area contributed by atoms with E-state index in [0.717, 1.165) is 49.9 Å². The fraction of sp³-hybridized carbons (Fsp3) is 0. The second kappa shape index (κ2) is 7.70. The van der Waals surface area contributed by atoms with Crippen LogP contribution in [-0.4, -0.2) is 9.55 Å². The normalized spacial score (nSPS) is 11.4. The SMILES string of the molecule is [Ir].[c-]1ccc(-n2c3ccccc3c3cc4oc5ccccc5c4cc32)cc1-c1ccccn1. The first kappa shape index (κ1) is 19.9. The van der Waals surface area contributed by atoms with Crippen molar-refractivity contribution in [2.75, 3.05) is 0 Å². The van der Waals surface area contributed by atoms with Gasteiger partial charge >= 0.3 is 0 Å². The molecule has 0 unspecified atom stereocenters. The topological polar surface area (TPSA) is 31.0 Å². The number of pyridine rings is 1. The van der Waals surface area contributed by atoms with Crippen molar-refractivity contribution in [3.8, 4) is 16.9 Å². The van der Waals surface area contributed by atoms with E-state index in [1.54, 1.807) is 0 Å². The van der Waals surface area contributed by atoms with Crippen molar-refractivity contribution in [2.24, 2.45) is 0 Å². The molecule has 33 heavy (non-hydrogen) atoms. The molecule has 0 spiro atoms. The van der Waals surface area contributed by atoms with Gasteiger partial charge in [0.2, 0.25) is 0 Å². The van der Waals surface area contributed by atoms with Crippen molar-refractivity contribution in [2.45, 2.75) is 0 Å². The van der Waals surface area contributed by atoms with Gasteiger partial charge in [0, 0.05) is 47.8 Å². The summed E-state index contributed by atoms with van der Waals surface area (Å²) in [6.07, 6.45) is 1.82. The molecule has 3 heterocycles. The van der Waals surface area contributed by atoms with E-state index in [1.807, 2.05) is 42.6 Å². The Bertz CT molecular complexity index is 1780. The summed E-state index contributed by atoms with van der Waals surface area (Å²) in [6.45, 7) is 0. The maximum Gasteiger partial charge on any atom is 0.136 e. The fourth-order valence-electron chi connectivity index (χ4n) is 4.73. The number of hydrogen-bond acceptors (Lipinski definition) is 2. The van der Waals surface area contributed by atoms with E-state index in [-0.39, 0.29) is 20.1 Å². The van der Waals surface area contributed by atoms with Gasteiger partial charge in [-0.3, -0.25) is 0 Å². The largest absolute Gasteiger partial charge is 0.456 e. The molecule has 0 aliphatic heterocycles. The van der Waals surface area contributed by atoms with Crippen LogP contribution in [0.25, 0.3) is 60.7 Å². The molecule has 159 valence electrons. The van der Waals surface area contributed by atoms with Crippen LogP contribution in [0.2, 0.25) is 0 Å². The van der Waals surface area contributed by atoms with Crippen LogP contribution in [0.5, 0.6) is 0 Å². The predicted molar refractivity (Wildman–Crippen MR) is 130 cm³/mol. The smallest absolute Gasteiger partial charge is 0.136 e. The number of rotatable bonds is 2. The Balaban J connectivity index is 0.00000206. The van der Waals surface area contributed by atoms with Gasteiger partial charge in [0.15, 0.2) is 0 Å². The van der Waals surface area contributed by atoms with Crippen LogP contribution in [0.4, 0.5) is 0 Å². The molecule has 0 fully saturated rings. The van der Waals surface area contributed by atoms with Gasteiger partial charge in [-0.15, -0.1) is 29.8 Å². The van der Waals surface area contributed by atoms with Gasteiger partial charge in [-0.2, -0.15) is 0 Å². The predicted octanol–water partition coefficient (Wildman–Crippen LogP) is 7.54. The van der Waals surface area contributed by atoms with Crippen molar-refractivity contribution < 1.29 is 24.5 Å². The first-order valence-electron chi connectivity index (χ1n) is 10.6. The molecule has 4 heteroatoms. The Hall–Kier alpha value is -3.72. The van der Waals surface area contributed by atoms with E-state index in [9.17, 15) is 0 Å². The summed E-state index contributed by atoms with van der Waals surface area (Å²) >= 11 is 0. The van der Waals surface area contributed by atoms with Crippen molar-refractivity contribution in [1.29, 1.82) is 0 Å². The molecule has 0 N–H and O–H groups in total. The number of aromatic nitrogens is 2. The molecular weight excluding hydrogens is 585 g/mol. The molecule has 0 saturated heterocycles. The minimum absolute atomic E-state index is 0. The Morgan fingerprint density at radius 3 is 2.36 bits per heavy atom. The third-order valence-corrected chi connectivity index (χ3v) is 6.16. The zero-order valence-corrected chi connectivity index (χ0v) is 19.8. The maximum atomic E-state index is 6.18. The summed E-state index contributed by atoms with van der Waals surface area (Å²) in [4.78, 5) is 4.51. The summed E-state index contributed by atoms with van der Waals surface area (Å²) in [7, 11) is 0. The van der Waals surface area contributed by atoms with E-state index in [2.05, 4.69) is 76.3 Å². The molecule has 0 aliphatic rings. The Morgan fingerprint density at radius 1 is 0.667 bits per heavy atom. The summed E-state index contributed by atoms with van der Waals surface area (Å²) in [5.41, 5.74) is 7.13. The van der Waals surface area contributed by atoms with E-state index >= 15 is 0 Å². The first-order valence-corrected chi connectivity index (χ1v) is 10.6. The average Bonchev–Trinajstić information content (AvgIpc) is 3.38. The van der Waals surface area contributed by atoms with Crippen LogP contribution in [-0.2, 0) is 20.1 Å². The second-order valence-corrected chi connectivity index (χ2v) is 7.99. The van der Waals surface area contributed by atoms with Crippen molar-refractivity contribution in [3.63, 3.8) is 0 Å². The molecule has 3 nitrogen and oxygen atoms in total. The molecule has 1 radical (unpaired) electrons. The number of para-hydroxylation sites is 2. The second-order valence-electron chi connectivity index (χ2n) is 7.99. The molecule has 7 aromatic rings. The number of benzene rings is 4. The molecule has 3 aromatic heterocycles. The number of furan rings is 1. The summed E-state index contributed by atoms with van der Waals surface area (Å²) in [6, 6.07) is 36.7. The van der Waals surface area contributed by atoms with E-state index in [4.69, 9.17) is 4.42 Å². The zero-order chi connectivity index (χ0) is 21.1. The molecule has 0 amide bonds. The number of fused-ring (bicyclic) bond motifs is 6. The quantitative estimate of drug-likeness (QED) is 0.192. The zero-order valence-electron chi connectivity index (χ0n) is 17.5. The Kier molecular flexibility index (Phi) is 4.65. The Labute approximate surface area is 203 Å². The molecule has 0 aliphatic carbocycles.